The smallest absolute Gasteiger partial charge is 0.664 e. The summed E-state index contributed by atoms with van der Waals surface area (Å²) in [4.78, 5) is 28.4. The number of nitrogens with zero attached hydrogens (tertiary/aromatic N) is 4. The number of allylic oxidation sites excluding steroid dienone is 3. The first kappa shape index (κ1) is 25.7. The van der Waals surface area contributed by atoms with E-state index in [9.17, 15) is 4.79 Å². The minimum absolute atomic E-state index is 0. The Morgan fingerprint density at radius 3 is 2.35 bits per heavy atom. The van der Waals surface area contributed by atoms with Gasteiger partial charge in [0, 0.05) is 11.5 Å². The third-order valence-corrected chi connectivity index (χ3v) is 8.22. The van der Waals surface area contributed by atoms with Crippen molar-refractivity contribution < 1.29 is 4.79 Å². The van der Waals surface area contributed by atoms with Crippen LogP contribution in [0.1, 0.15) is 88.1 Å². The summed E-state index contributed by atoms with van der Waals surface area (Å²) in [6.07, 6.45) is 9.75. The van der Waals surface area contributed by atoms with Crippen LogP contribution in [0, 0.1) is 32.6 Å². The van der Waals surface area contributed by atoms with Crippen LogP contribution in [0.25, 0.3) is 35.2 Å². The van der Waals surface area contributed by atoms with Gasteiger partial charge in [-0.1, -0.05) is 79.5 Å². The van der Waals surface area contributed by atoms with Crippen LogP contribution in [0.2, 0.25) is 0 Å². The zero-order valence-corrected chi connectivity index (χ0v) is 23.9. The molecule has 0 saturated carbocycles. The maximum atomic E-state index is 13.4. The van der Waals surface area contributed by atoms with Crippen LogP contribution in [-0.2, 0) is 6.42 Å². The number of Topliss-reactive ketones (excluding diaryl/α,β-unsaturated/α-hetero) is 1. The van der Waals surface area contributed by atoms with Gasteiger partial charge in [-0.25, -0.2) is 0 Å². The zero-order chi connectivity index (χ0) is 25.5. The number of carbonyl (C=O) groups is 1. The fraction of sp³-hybridized carbons (Fsp3) is 0.323. The third-order valence-electron chi connectivity index (χ3n) is 8.22. The van der Waals surface area contributed by atoms with Crippen molar-refractivity contribution in [2.45, 2.75) is 54.4 Å². The van der Waals surface area contributed by atoms with Crippen molar-refractivity contribution in [2.75, 3.05) is 0 Å². The fourth-order valence-corrected chi connectivity index (χ4v) is 6.04. The molecule has 184 valence electrons. The van der Waals surface area contributed by atoms with Gasteiger partial charge in [-0.15, -0.1) is 33.5 Å². The molecule has 8 bridgehead atoms. The molecule has 0 spiro atoms. The number of aromatic nitrogens is 3. The minimum atomic E-state index is -0.233. The third kappa shape index (κ3) is 3.68. The molecule has 2 atom stereocenters. The molecule has 2 aliphatic heterocycles. The maximum absolute atomic E-state index is 13.4. The second-order valence-electron chi connectivity index (χ2n) is 10.3. The van der Waals surface area contributed by atoms with Crippen LogP contribution in [-0.4, -0.2) is 28.8 Å². The van der Waals surface area contributed by atoms with Crippen molar-refractivity contribution in [2.24, 2.45) is 11.8 Å². The number of rotatable bonds is 2. The number of hydrogen-bond donors (Lipinski definition) is 0. The molecule has 37 heavy (non-hydrogen) atoms. The first-order chi connectivity index (χ1) is 17.2. The first-order valence-electron chi connectivity index (χ1n) is 12.8. The Bertz CT molecular complexity index is 1670. The van der Waals surface area contributed by atoms with Crippen LogP contribution >= 0.6 is 0 Å². The van der Waals surface area contributed by atoms with E-state index in [1.54, 1.807) is 0 Å². The van der Waals surface area contributed by atoms with E-state index in [0.717, 1.165) is 91.1 Å². The monoisotopic (exact) mass is 498 g/mol. The summed E-state index contributed by atoms with van der Waals surface area (Å²) in [5.41, 5.74) is 12.5. The van der Waals surface area contributed by atoms with Gasteiger partial charge in [0.1, 0.15) is 0 Å². The molecule has 0 unspecified atom stereocenters. The van der Waals surface area contributed by atoms with Crippen LogP contribution in [0.3, 0.4) is 0 Å². The molecular formula is C31H30MgN4O-2. The summed E-state index contributed by atoms with van der Waals surface area (Å²) in [6.45, 7) is 16.6. The zero-order valence-electron chi connectivity index (χ0n) is 22.5. The number of hydrogen-bond acceptors (Lipinski definition) is 1. The Morgan fingerprint density at radius 1 is 0.946 bits per heavy atom. The quantitative estimate of drug-likeness (QED) is 0.494. The summed E-state index contributed by atoms with van der Waals surface area (Å²) in [6, 6.07) is 0. The Hall–Kier alpha value is -2.96. The van der Waals surface area contributed by atoms with Crippen LogP contribution in [0.15, 0.2) is 18.0 Å². The first-order valence-corrected chi connectivity index (χ1v) is 12.8. The van der Waals surface area contributed by atoms with Gasteiger partial charge in [-0.05, 0) is 45.1 Å². The van der Waals surface area contributed by atoms with Crippen LogP contribution < -0.4 is 25.7 Å². The van der Waals surface area contributed by atoms with Crippen molar-refractivity contribution >= 4 is 58.7 Å². The van der Waals surface area contributed by atoms with Gasteiger partial charge in [-0.3, -0.25) is 4.79 Å². The molecule has 3 aromatic heterocycles. The molecule has 3 aromatic rings. The van der Waals surface area contributed by atoms with Crippen molar-refractivity contribution in [3.05, 3.63) is 90.1 Å². The molecule has 0 radical (unpaired) electrons. The number of ketones is 1. The summed E-state index contributed by atoms with van der Waals surface area (Å²) in [7, 11) is 0. The Labute approximate surface area is 234 Å². The second kappa shape index (κ2) is 9.10. The Kier molecular flexibility index (Phi) is 6.32. The standard InChI is InChI=1S/C31H31N4O.Mg/c1-8-19-15(4)22-11-21-14(3)10-27(32-21)28-18(7)31(36)29-17(6)24(35-30(28)29)13-26-20(9-2)16(5)23(34-26)12-25(19)33-22;/h8,11-14,18H,1,9-10H2,2-7H3,(H-,32,35,36);/q-3;+2/p-1/b21-11-,23-12-,26-13-;/t14-,18+;/m0./s1. The molecule has 6 rings (SSSR count). The second-order valence-corrected chi connectivity index (χ2v) is 10.3. The van der Waals surface area contributed by atoms with Crippen molar-refractivity contribution in [1.29, 1.82) is 0 Å². The number of carbonyl (C=O) groups excluding carboxylic acids is 1. The average molecular weight is 499 g/mol. The van der Waals surface area contributed by atoms with Crippen LogP contribution in [0.5, 0.6) is 0 Å². The van der Waals surface area contributed by atoms with E-state index in [0.29, 0.717) is 0 Å². The van der Waals surface area contributed by atoms with Gasteiger partial charge in [0.25, 0.3) is 0 Å². The molecular weight excluding hydrogens is 469 g/mol. The molecule has 3 aliphatic rings. The van der Waals surface area contributed by atoms with Gasteiger partial charge >= 0.3 is 23.1 Å². The molecule has 0 aromatic carbocycles. The van der Waals surface area contributed by atoms with Crippen LogP contribution in [0.4, 0.5) is 0 Å². The van der Waals surface area contributed by atoms with Gasteiger partial charge in [0.2, 0.25) is 0 Å². The van der Waals surface area contributed by atoms with Gasteiger partial charge in [0.05, 0.1) is 0 Å². The molecule has 0 N–H and O–H groups in total. The Morgan fingerprint density at radius 2 is 1.65 bits per heavy atom. The molecule has 5 heterocycles. The van der Waals surface area contributed by atoms with Gasteiger partial charge < -0.3 is 20.3 Å². The molecule has 1 saturated heterocycles. The van der Waals surface area contributed by atoms with E-state index in [-0.39, 0.29) is 40.7 Å². The normalized spacial score (nSPS) is 24.9. The van der Waals surface area contributed by atoms with E-state index >= 15 is 0 Å². The van der Waals surface area contributed by atoms with E-state index in [1.807, 2.05) is 26.0 Å². The summed E-state index contributed by atoms with van der Waals surface area (Å²) in [5.74, 6) is 0.146. The fourth-order valence-electron chi connectivity index (χ4n) is 6.04. The van der Waals surface area contributed by atoms with Gasteiger partial charge in [0.15, 0.2) is 5.78 Å². The van der Waals surface area contributed by atoms with Crippen molar-refractivity contribution in [3.8, 4) is 0 Å². The SMILES string of the molecule is C=Cc1c2[n-]c(c1C)/C=C1\[N-]/C(=C3\c4[n-]c(c(C)c4C(=O)[C@@H]3C)/C=c3\[n-]/c(c(C)c3CC)=C\2)C[C@@H]1C.[Mg+2]. The molecule has 6 heteroatoms. The van der Waals surface area contributed by atoms with Crippen molar-refractivity contribution in [3.63, 3.8) is 0 Å². The van der Waals surface area contributed by atoms with E-state index < -0.39 is 0 Å². The predicted molar refractivity (Wildman–Crippen MR) is 151 cm³/mol. The van der Waals surface area contributed by atoms with Gasteiger partial charge in [-0.2, -0.15) is 11.4 Å². The van der Waals surface area contributed by atoms with E-state index in [1.165, 1.54) is 5.56 Å². The average Bonchev–Trinajstić information content (AvgIpc) is 3.58. The Balaban J connectivity index is 0.00000280. The molecule has 1 fully saturated rings. The predicted octanol–water partition coefficient (Wildman–Crippen LogP) is 4.28. The minimum Gasteiger partial charge on any atom is -0.664 e. The summed E-state index contributed by atoms with van der Waals surface area (Å²) < 4.78 is 0. The molecule has 0 amide bonds. The van der Waals surface area contributed by atoms with E-state index in [2.05, 4.69) is 46.4 Å². The summed E-state index contributed by atoms with van der Waals surface area (Å²) in [5, 5.41) is 6.89. The molecule has 1 aliphatic carbocycles. The largest absolute Gasteiger partial charge is 2.00 e. The number of fused-ring (bicyclic) bond motifs is 7. The van der Waals surface area contributed by atoms with Crippen molar-refractivity contribution in [1.82, 2.24) is 15.0 Å². The topological polar surface area (TPSA) is 73.5 Å². The summed E-state index contributed by atoms with van der Waals surface area (Å²) >= 11 is 0. The maximum Gasteiger partial charge on any atom is 2.00 e. The van der Waals surface area contributed by atoms with E-state index in [4.69, 9.17) is 20.3 Å². The molecule has 5 nitrogen and oxygen atoms in total.